The molecule has 0 aliphatic carbocycles. The van der Waals surface area contributed by atoms with Crippen molar-refractivity contribution in [2.45, 2.75) is 20.4 Å². The molecular weight excluding hydrogens is 242 g/mol. The third-order valence-electron chi connectivity index (χ3n) is 3.57. The molecule has 1 aromatic rings. The van der Waals surface area contributed by atoms with Crippen LogP contribution in [-0.2, 0) is 16.1 Å². The first-order chi connectivity index (χ1) is 9.16. The molecule has 1 fully saturated rings. The maximum atomic E-state index is 11.9. The van der Waals surface area contributed by atoms with E-state index in [9.17, 15) is 4.79 Å². The average Bonchev–Trinajstić information content (AvgIpc) is 2.72. The fourth-order valence-corrected chi connectivity index (χ4v) is 2.33. The van der Waals surface area contributed by atoms with E-state index in [1.165, 1.54) is 0 Å². The smallest absolute Gasteiger partial charge is 0.239 e. The Hall–Kier alpha value is -1.33. The fraction of sp³-hybridized carbons (Fsp3) is 0.643. The lowest BCUT2D eigenvalue weighted by Crippen LogP contribution is -2.41. The number of carbonyl (C=O) groups excluding carboxylic acids is 1. The highest BCUT2D eigenvalue weighted by Crippen LogP contribution is 2.06. The first kappa shape index (κ1) is 14.1. The van der Waals surface area contributed by atoms with E-state index in [2.05, 4.69) is 10.2 Å². The molecule has 0 saturated carbocycles. The molecule has 0 radical (unpaired) electrons. The lowest BCUT2D eigenvalue weighted by molar-refractivity contribution is -0.121. The molecule has 1 saturated heterocycles. The van der Waals surface area contributed by atoms with Gasteiger partial charge >= 0.3 is 0 Å². The molecule has 19 heavy (non-hydrogen) atoms. The predicted octanol–water partition coefficient (Wildman–Crippen LogP) is 0.553. The van der Waals surface area contributed by atoms with Gasteiger partial charge in [-0.2, -0.15) is 0 Å². The van der Waals surface area contributed by atoms with Crippen LogP contribution in [0, 0.1) is 13.8 Å². The Bertz CT molecular complexity index is 403. The summed E-state index contributed by atoms with van der Waals surface area (Å²) in [7, 11) is 0. The topological polar surface area (TPSA) is 46.5 Å². The standard InChI is InChI=1S/C14H23N3O2/c1-12-3-4-13(2)17(12)11-14(18)15-5-6-16-7-9-19-10-8-16/h3-4H,5-11H2,1-2H3,(H,15,18). The summed E-state index contributed by atoms with van der Waals surface area (Å²) < 4.78 is 7.32. The lowest BCUT2D eigenvalue weighted by Gasteiger charge is -2.26. The normalized spacial score (nSPS) is 16.5. The maximum Gasteiger partial charge on any atom is 0.239 e. The number of morpholine rings is 1. The van der Waals surface area contributed by atoms with E-state index in [-0.39, 0.29) is 5.91 Å². The molecule has 5 nitrogen and oxygen atoms in total. The number of aryl methyl sites for hydroxylation is 2. The highest BCUT2D eigenvalue weighted by Gasteiger charge is 2.11. The fourth-order valence-electron chi connectivity index (χ4n) is 2.33. The van der Waals surface area contributed by atoms with E-state index < -0.39 is 0 Å². The van der Waals surface area contributed by atoms with Gasteiger partial charge in [0.1, 0.15) is 6.54 Å². The third kappa shape index (κ3) is 4.08. The second-order valence-electron chi connectivity index (χ2n) is 5.01. The van der Waals surface area contributed by atoms with Crippen molar-refractivity contribution < 1.29 is 9.53 Å². The van der Waals surface area contributed by atoms with Crippen LogP contribution in [0.3, 0.4) is 0 Å². The molecular formula is C14H23N3O2. The Morgan fingerprint density at radius 3 is 2.53 bits per heavy atom. The van der Waals surface area contributed by atoms with E-state index in [0.29, 0.717) is 13.1 Å². The molecule has 1 amide bonds. The molecule has 1 aliphatic rings. The zero-order valence-corrected chi connectivity index (χ0v) is 11.8. The molecule has 0 atom stereocenters. The number of ether oxygens (including phenoxy) is 1. The van der Waals surface area contributed by atoms with Gasteiger partial charge in [0.2, 0.25) is 5.91 Å². The number of nitrogens with zero attached hydrogens (tertiary/aromatic N) is 2. The maximum absolute atomic E-state index is 11.9. The first-order valence-electron chi connectivity index (χ1n) is 6.86. The Balaban J connectivity index is 1.70. The molecule has 0 bridgehead atoms. The summed E-state index contributed by atoms with van der Waals surface area (Å²) in [5.41, 5.74) is 2.25. The van der Waals surface area contributed by atoms with Gasteiger partial charge in [-0.05, 0) is 26.0 Å². The quantitative estimate of drug-likeness (QED) is 0.846. The minimum absolute atomic E-state index is 0.0793. The number of nitrogens with one attached hydrogen (secondary N) is 1. The van der Waals surface area contributed by atoms with E-state index >= 15 is 0 Å². The minimum Gasteiger partial charge on any atom is -0.379 e. The number of aromatic nitrogens is 1. The molecule has 2 heterocycles. The SMILES string of the molecule is Cc1ccc(C)n1CC(=O)NCCN1CCOCC1. The van der Waals surface area contributed by atoms with Crippen molar-refractivity contribution in [3.8, 4) is 0 Å². The van der Waals surface area contributed by atoms with Crippen LogP contribution < -0.4 is 5.32 Å². The molecule has 0 spiro atoms. The second-order valence-corrected chi connectivity index (χ2v) is 5.01. The summed E-state index contributed by atoms with van der Waals surface area (Å²) in [6.07, 6.45) is 0. The van der Waals surface area contributed by atoms with Gasteiger partial charge in [0, 0.05) is 37.6 Å². The van der Waals surface area contributed by atoms with Crippen LogP contribution in [0.25, 0.3) is 0 Å². The number of carbonyl (C=O) groups is 1. The number of amides is 1. The largest absolute Gasteiger partial charge is 0.379 e. The molecule has 0 aromatic carbocycles. The Morgan fingerprint density at radius 1 is 1.26 bits per heavy atom. The van der Waals surface area contributed by atoms with Crippen LogP contribution in [0.15, 0.2) is 12.1 Å². The van der Waals surface area contributed by atoms with Crippen molar-refractivity contribution in [1.29, 1.82) is 0 Å². The van der Waals surface area contributed by atoms with E-state index in [0.717, 1.165) is 44.2 Å². The molecule has 5 heteroatoms. The van der Waals surface area contributed by atoms with Gasteiger partial charge in [-0.3, -0.25) is 9.69 Å². The summed E-state index contributed by atoms with van der Waals surface area (Å²) in [5, 5.41) is 2.98. The zero-order chi connectivity index (χ0) is 13.7. The van der Waals surface area contributed by atoms with E-state index in [1.54, 1.807) is 0 Å². The highest BCUT2D eigenvalue weighted by molar-refractivity contribution is 5.75. The zero-order valence-electron chi connectivity index (χ0n) is 11.8. The number of rotatable bonds is 5. The minimum atomic E-state index is 0.0793. The van der Waals surface area contributed by atoms with Gasteiger partial charge in [-0.15, -0.1) is 0 Å². The number of hydrogen-bond donors (Lipinski definition) is 1. The summed E-state index contributed by atoms with van der Waals surface area (Å²) in [4.78, 5) is 14.2. The average molecular weight is 265 g/mol. The number of hydrogen-bond acceptors (Lipinski definition) is 3. The van der Waals surface area contributed by atoms with Gasteiger partial charge in [0.25, 0.3) is 0 Å². The molecule has 0 unspecified atom stereocenters. The highest BCUT2D eigenvalue weighted by atomic mass is 16.5. The molecule has 106 valence electrons. The van der Waals surface area contributed by atoms with Crippen LogP contribution in [0.5, 0.6) is 0 Å². The van der Waals surface area contributed by atoms with Crippen molar-refractivity contribution in [3.63, 3.8) is 0 Å². The third-order valence-corrected chi connectivity index (χ3v) is 3.57. The van der Waals surface area contributed by atoms with Crippen LogP contribution in [-0.4, -0.2) is 54.8 Å². The van der Waals surface area contributed by atoms with Crippen LogP contribution in [0.2, 0.25) is 0 Å². The van der Waals surface area contributed by atoms with Crippen molar-refractivity contribution in [3.05, 3.63) is 23.5 Å². The first-order valence-corrected chi connectivity index (χ1v) is 6.86. The van der Waals surface area contributed by atoms with Crippen molar-refractivity contribution in [2.24, 2.45) is 0 Å². The van der Waals surface area contributed by atoms with Crippen molar-refractivity contribution >= 4 is 5.91 Å². The Kier molecular flexibility index (Phi) is 4.99. The second kappa shape index (κ2) is 6.73. The van der Waals surface area contributed by atoms with Crippen molar-refractivity contribution in [2.75, 3.05) is 39.4 Å². The molecule has 1 aromatic heterocycles. The van der Waals surface area contributed by atoms with Crippen molar-refractivity contribution in [1.82, 2.24) is 14.8 Å². The summed E-state index contributed by atoms with van der Waals surface area (Å²) >= 11 is 0. The van der Waals surface area contributed by atoms with E-state index in [4.69, 9.17) is 4.74 Å². The lowest BCUT2D eigenvalue weighted by atomic mass is 10.4. The summed E-state index contributed by atoms with van der Waals surface area (Å²) in [5.74, 6) is 0.0793. The van der Waals surface area contributed by atoms with Gasteiger partial charge in [-0.1, -0.05) is 0 Å². The molecule has 1 aliphatic heterocycles. The van der Waals surface area contributed by atoms with Crippen LogP contribution in [0.1, 0.15) is 11.4 Å². The summed E-state index contributed by atoms with van der Waals surface area (Å²) in [6.45, 7) is 9.59. The molecule has 1 N–H and O–H groups in total. The summed E-state index contributed by atoms with van der Waals surface area (Å²) in [6, 6.07) is 4.08. The van der Waals surface area contributed by atoms with Gasteiger partial charge < -0.3 is 14.6 Å². The van der Waals surface area contributed by atoms with E-state index in [1.807, 2.05) is 30.5 Å². The van der Waals surface area contributed by atoms with Gasteiger partial charge in [0.15, 0.2) is 0 Å². The molecule has 2 rings (SSSR count). The Morgan fingerprint density at radius 2 is 1.89 bits per heavy atom. The predicted molar refractivity (Wildman–Crippen MR) is 74.2 cm³/mol. The van der Waals surface area contributed by atoms with Gasteiger partial charge in [-0.25, -0.2) is 0 Å². The Labute approximate surface area is 114 Å². The monoisotopic (exact) mass is 265 g/mol. The van der Waals surface area contributed by atoms with Gasteiger partial charge in [0.05, 0.1) is 13.2 Å². The van der Waals surface area contributed by atoms with Crippen LogP contribution >= 0.6 is 0 Å². The van der Waals surface area contributed by atoms with Crippen LogP contribution in [0.4, 0.5) is 0 Å².